The summed E-state index contributed by atoms with van der Waals surface area (Å²) in [5, 5.41) is 7.68. The van der Waals surface area contributed by atoms with Gasteiger partial charge in [0.05, 0.1) is 6.20 Å². The van der Waals surface area contributed by atoms with Crippen molar-refractivity contribution in [2.45, 2.75) is 25.9 Å². The summed E-state index contributed by atoms with van der Waals surface area (Å²) in [7, 11) is 2.00. The molecule has 0 aliphatic rings. The third kappa shape index (κ3) is 3.21. The van der Waals surface area contributed by atoms with Crippen LogP contribution in [-0.4, -0.2) is 16.8 Å². The number of aryl methyl sites for hydroxylation is 1. The Labute approximate surface area is 116 Å². The van der Waals surface area contributed by atoms with Crippen molar-refractivity contribution >= 4 is 15.9 Å². The number of nitrogens with one attached hydrogen (secondary N) is 1. The Bertz CT molecular complexity index is 507. The highest BCUT2D eigenvalue weighted by molar-refractivity contribution is 9.10. The molecule has 1 unspecified atom stereocenters. The Morgan fingerprint density at radius 3 is 2.89 bits per heavy atom. The van der Waals surface area contributed by atoms with Crippen LogP contribution in [0, 0.1) is 0 Å². The largest absolute Gasteiger partial charge is 0.313 e. The molecule has 1 heterocycles. The Balaban J connectivity index is 2.14. The van der Waals surface area contributed by atoms with E-state index in [2.05, 4.69) is 57.7 Å². The molecule has 0 spiro atoms. The van der Waals surface area contributed by atoms with E-state index in [4.69, 9.17) is 0 Å². The van der Waals surface area contributed by atoms with Gasteiger partial charge in [-0.3, -0.25) is 4.68 Å². The van der Waals surface area contributed by atoms with Gasteiger partial charge in [0.2, 0.25) is 0 Å². The van der Waals surface area contributed by atoms with E-state index in [9.17, 15) is 0 Å². The van der Waals surface area contributed by atoms with Crippen molar-refractivity contribution in [3.8, 4) is 0 Å². The van der Waals surface area contributed by atoms with Gasteiger partial charge in [0.25, 0.3) is 0 Å². The zero-order valence-electron chi connectivity index (χ0n) is 10.7. The minimum Gasteiger partial charge on any atom is -0.313 e. The molecule has 1 aromatic carbocycles. The van der Waals surface area contributed by atoms with Gasteiger partial charge in [-0.15, -0.1) is 0 Å². The molecule has 96 valence electrons. The first-order valence-electron chi connectivity index (χ1n) is 6.17. The Kier molecular flexibility index (Phi) is 4.55. The monoisotopic (exact) mass is 307 g/mol. The minimum absolute atomic E-state index is 0.317. The van der Waals surface area contributed by atoms with E-state index in [-0.39, 0.29) is 0 Å². The zero-order chi connectivity index (χ0) is 13.0. The summed E-state index contributed by atoms with van der Waals surface area (Å²) in [6, 6.07) is 8.74. The molecule has 0 fully saturated rings. The van der Waals surface area contributed by atoms with Crippen LogP contribution in [0.25, 0.3) is 0 Å². The van der Waals surface area contributed by atoms with Crippen LogP contribution >= 0.6 is 15.9 Å². The second-order valence-electron chi connectivity index (χ2n) is 4.30. The summed E-state index contributed by atoms with van der Waals surface area (Å²) in [6.45, 7) is 3.02. The van der Waals surface area contributed by atoms with Gasteiger partial charge in [-0.25, -0.2) is 0 Å². The molecular formula is C14H18BrN3. The first-order chi connectivity index (χ1) is 8.72. The van der Waals surface area contributed by atoms with Crippen LogP contribution in [0.1, 0.15) is 24.1 Å². The van der Waals surface area contributed by atoms with Gasteiger partial charge in [-0.2, -0.15) is 5.10 Å². The molecule has 3 nitrogen and oxygen atoms in total. The lowest BCUT2D eigenvalue weighted by atomic mass is 10.0. The lowest BCUT2D eigenvalue weighted by molar-refractivity contribution is 0.590. The second kappa shape index (κ2) is 6.16. The van der Waals surface area contributed by atoms with Crippen LogP contribution in [0.4, 0.5) is 0 Å². The number of hydrogen-bond donors (Lipinski definition) is 1. The van der Waals surface area contributed by atoms with Crippen molar-refractivity contribution in [3.05, 3.63) is 52.3 Å². The quantitative estimate of drug-likeness (QED) is 0.919. The number of hydrogen-bond acceptors (Lipinski definition) is 2. The van der Waals surface area contributed by atoms with Crippen LogP contribution < -0.4 is 5.32 Å². The predicted molar refractivity (Wildman–Crippen MR) is 77.5 cm³/mol. The fourth-order valence-corrected chi connectivity index (χ4v) is 2.45. The average Bonchev–Trinajstić information content (AvgIpc) is 2.83. The number of nitrogens with zero attached hydrogens (tertiary/aromatic N) is 2. The Morgan fingerprint density at radius 2 is 2.28 bits per heavy atom. The Morgan fingerprint density at radius 1 is 1.44 bits per heavy atom. The molecule has 0 radical (unpaired) electrons. The van der Waals surface area contributed by atoms with Gasteiger partial charge in [0, 0.05) is 23.3 Å². The first-order valence-corrected chi connectivity index (χ1v) is 6.96. The van der Waals surface area contributed by atoms with E-state index in [1.165, 1.54) is 11.1 Å². The van der Waals surface area contributed by atoms with Gasteiger partial charge in [-0.1, -0.05) is 28.1 Å². The van der Waals surface area contributed by atoms with Crippen LogP contribution in [0.3, 0.4) is 0 Å². The van der Waals surface area contributed by atoms with Gasteiger partial charge in [0.1, 0.15) is 0 Å². The molecular weight excluding hydrogens is 290 g/mol. The van der Waals surface area contributed by atoms with Crippen molar-refractivity contribution in [2.24, 2.45) is 0 Å². The van der Waals surface area contributed by atoms with Gasteiger partial charge < -0.3 is 5.32 Å². The summed E-state index contributed by atoms with van der Waals surface area (Å²) >= 11 is 3.52. The lowest BCUT2D eigenvalue weighted by Gasteiger charge is -2.16. The molecule has 0 aliphatic heterocycles. The van der Waals surface area contributed by atoms with Gasteiger partial charge in [0.15, 0.2) is 0 Å². The maximum Gasteiger partial charge on any atom is 0.0522 e. The third-order valence-corrected chi connectivity index (χ3v) is 3.54. The smallest absolute Gasteiger partial charge is 0.0522 e. The highest BCUT2D eigenvalue weighted by Crippen LogP contribution is 2.21. The normalized spacial score (nSPS) is 12.6. The van der Waals surface area contributed by atoms with E-state index in [0.717, 1.165) is 17.4 Å². The number of rotatable bonds is 5. The molecule has 0 saturated heterocycles. The summed E-state index contributed by atoms with van der Waals surface area (Å²) in [6.07, 6.45) is 5.01. The first kappa shape index (κ1) is 13.3. The van der Waals surface area contributed by atoms with E-state index < -0.39 is 0 Å². The molecule has 1 N–H and O–H groups in total. The molecule has 2 rings (SSSR count). The van der Waals surface area contributed by atoms with Crippen LogP contribution in [-0.2, 0) is 13.0 Å². The van der Waals surface area contributed by atoms with Crippen LogP contribution in [0.15, 0.2) is 41.1 Å². The van der Waals surface area contributed by atoms with E-state index in [1.807, 2.05) is 24.0 Å². The molecule has 0 bridgehead atoms. The van der Waals surface area contributed by atoms with Gasteiger partial charge >= 0.3 is 0 Å². The highest BCUT2D eigenvalue weighted by atomic mass is 79.9. The fraction of sp³-hybridized carbons (Fsp3) is 0.357. The minimum atomic E-state index is 0.317. The molecule has 2 aromatic rings. The SMILES string of the molecule is CCn1cc(CC(NC)c2cccc(Br)c2)cn1. The van der Waals surface area contributed by atoms with E-state index >= 15 is 0 Å². The van der Waals surface area contributed by atoms with Gasteiger partial charge in [-0.05, 0) is 43.7 Å². The number of aromatic nitrogens is 2. The number of halogens is 1. The maximum absolute atomic E-state index is 4.31. The second-order valence-corrected chi connectivity index (χ2v) is 5.22. The van der Waals surface area contributed by atoms with Crippen molar-refractivity contribution in [2.75, 3.05) is 7.05 Å². The molecule has 0 amide bonds. The molecule has 1 aromatic heterocycles. The lowest BCUT2D eigenvalue weighted by Crippen LogP contribution is -2.18. The highest BCUT2D eigenvalue weighted by Gasteiger charge is 2.11. The van der Waals surface area contributed by atoms with Crippen molar-refractivity contribution in [3.63, 3.8) is 0 Å². The van der Waals surface area contributed by atoms with Crippen molar-refractivity contribution < 1.29 is 0 Å². The van der Waals surface area contributed by atoms with Crippen LogP contribution in [0.2, 0.25) is 0 Å². The van der Waals surface area contributed by atoms with Crippen molar-refractivity contribution in [1.29, 1.82) is 0 Å². The Hall–Kier alpha value is -1.13. The third-order valence-electron chi connectivity index (χ3n) is 3.05. The molecule has 0 aliphatic carbocycles. The summed E-state index contributed by atoms with van der Waals surface area (Å²) in [4.78, 5) is 0. The standard InChI is InChI=1S/C14H18BrN3/c1-3-18-10-11(9-17-18)7-14(16-2)12-5-4-6-13(15)8-12/h4-6,8-10,14,16H,3,7H2,1-2H3. The fourth-order valence-electron chi connectivity index (χ4n) is 2.03. The molecule has 0 saturated carbocycles. The molecule has 4 heteroatoms. The van der Waals surface area contributed by atoms with Crippen molar-refractivity contribution in [1.82, 2.24) is 15.1 Å². The average molecular weight is 308 g/mol. The molecule has 18 heavy (non-hydrogen) atoms. The zero-order valence-corrected chi connectivity index (χ0v) is 12.3. The summed E-state index contributed by atoms with van der Waals surface area (Å²) in [5.74, 6) is 0. The number of likely N-dealkylation sites (N-methyl/N-ethyl adjacent to an activating group) is 1. The number of benzene rings is 1. The summed E-state index contributed by atoms with van der Waals surface area (Å²) < 4.78 is 3.08. The van der Waals surface area contributed by atoms with E-state index in [1.54, 1.807) is 0 Å². The van der Waals surface area contributed by atoms with E-state index in [0.29, 0.717) is 6.04 Å². The predicted octanol–water partition coefficient (Wildman–Crippen LogP) is 3.17. The maximum atomic E-state index is 4.31. The van der Waals surface area contributed by atoms with Crippen LogP contribution in [0.5, 0.6) is 0 Å². The topological polar surface area (TPSA) is 29.9 Å². The summed E-state index contributed by atoms with van der Waals surface area (Å²) in [5.41, 5.74) is 2.55. The molecule has 1 atom stereocenters.